The molecule has 32 heavy (non-hydrogen) atoms. The standard InChI is InChI=1S/C28H16N4/c1-3-10-23-21(8-1)27-25-14-26-28(30-27)22-9-2-4-11-24(22)32(26)20-13-18(15-29-16-20)17-6-5-7-19(12-17)31(23)25/h1-16H. The average Bonchev–Trinajstić information content (AvgIpc) is 3.34. The van der Waals surface area contributed by atoms with Crippen LogP contribution >= 0.6 is 0 Å². The molecule has 8 aromatic rings. The molecule has 0 fully saturated rings. The lowest BCUT2D eigenvalue weighted by molar-refractivity contribution is 1.28. The number of benzene rings is 3. The van der Waals surface area contributed by atoms with Gasteiger partial charge in [0, 0.05) is 27.9 Å². The molecule has 5 aromatic heterocycles. The van der Waals surface area contributed by atoms with Crippen molar-refractivity contribution in [2.45, 2.75) is 0 Å². The molecule has 6 bridgehead atoms. The zero-order valence-corrected chi connectivity index (χ0v) is 17.0. The lowest BCUT2D eigenvalue weighted by Crippen LogP contribution is -1.87. The van der Waals surface area contributed by atoms with Crippen LogP contribution in [0.1, 0.15) is 0 Å². The normalized spacial score (nSPS) is 12.4. The monoisotopic (exact) mass is 408 g/mol. The molecule has 0 aliphatic carbocycles. The van der Waals surface area contributed by atoms with E-state index >= 15 is 0 Å². The summed E-state index contributed by atoms with van der Waals surface area (Å²) in [6, 6.07) is 30.3. The first-order valence-corrected chi connectivity index (χ1v) is 10.8. The molecular formula is C28H16N4. The summed E-state index contributed by atoms with van der Waals surface area (Å²) in [5, 5.41) is 4.58. The molecule has 0 saturated heterocycles. The number of hydrogen-bond donors (Lipinski definition) is 0. The molecule has 0 aliphatic heterocycles. The van der Waals surface area contributed by atoms with Crippen LogP contribution in [0.3, 0.4) is 0 Å². The predicted octanol–water partition coefficient (Wildman–Crippen LogP) is 6.75. The van der Waals surface area contributed by atoms with Gasteiger partial charge in [-0.3, -0.25) is 4.98 Å². The maximum absolute atomic E-state index is 5.28. The molecule has 148 valence electrons. The van der Waals surface area contributed by atoms with Crippen LogP contribution in [0.2, 0.25) is 0 Å². The first-order chi connectivity index (χ1) is 15.9. The van der Waals surface area contributed by atoms with Crippen molar-refractivity contribution < 1.29 is 0 Å². The average molecular weight is 408 g/mol. The third-order valence-electron chi connectivity index (χ3n) is 6.68. The molecule has 4 heteroatoms. The van der Waals surface area contributed by atoms with Gasteiger partial charge in [0.1, 0.15) is 0 Å². The molecule has 4 nitrogen and oxygen atoms in total. The third kappa shape index (κ3) is 1.92. The Balaban J connectivity index is 1.86. The molecule has 3 aromatic carbocycles. The second-order valence-electron chi connectivity index (χ2n) is 8.41. The van der Waals surface area contributed by atoms with Gasteiger partial charge in [0.25, 0.3) is 0 Å². The van der Waals surface area contributed by atoms with Crippen molar-refractivity contribution in [2.75, 3.05) is 0 Å². The van der Waals surface area contributed by atoms with E-state index < -0.39 is 0 Å². The Kier molecular flexibility index (Phi) is 2.86. The van der Waals surface area contributed by atoms with Crippen molar-refractivity contribution in [3.8, 4) is 0 Å². The molecule has 0 aliphatic rings. The fourth-order valence-corrected chi connectivity index (χ4v) is 5.32. The van der Waals surface area contributed by atoms with E-state index in [-0.39, 0.29) is 0 Å². The Hall–Kier alpha value is -4.44. The van der Waals surface area contributed by atoms with Crippen molar-refractivity contribution in [3.63, 3.8) is 0 Å². The third-order valence-corrected chi connectivity index (χ3v) is 6.68. The topological polar surface area (TPSA) is 34.6 Å². The van der Waals surface area contributed by atoms with E-state index in [1.54, 1.807) is 0 Å². The van der Waals surface area contributed by atoms with E-state index in [2.05, 4.69) is 98.7 Å². The van der Waals surface area contributed by atoms with Gasteiger partial charge >= 0.3 is 0 Å². The second kappa shape index (κ2) is 5.62. The van der Waals surface area contributed by atoms with Gasteiger partial charge in [0.2, 0.25) is 0 Å². The minimum absolute atomic E-state index is 1.02. The Labute approximate surface area is 182 Å². The van der Waals surface area contributed by atoms with E-state index in [0.717, 1.165) is 54.8 Å². The fraction of sp³-hybridized carbons (Fsp3) is 0. The molecule has 8 rings (SSSR count). The number of para-hydroxylation sites is 2. The highest BCUT2D eigenvalue weighted by Crippen LogP contribution is 2.35. The van der Waals surface area contributed by atoms with Gasteiger partial charge < -0.3 is 8.80 Å². The minimum Gasteiger partial charge on any atom is -0.308 e. The number of hydrogen-bond acceptors (Lipinski definition) is 2. The van der Waals surface area contributed by atoms with Gasteiger partial charge in [-0.2, -0.15) is 0 Å². The van der Waals surface area contributed by atoms with Crippen molar-refractivity contribution >= 4 is 65.7 Å². The molecule has 0 unspecified atom stereocenters. The maximum atomic E-state index is 5.28. The summed E-state index contributed by atoms with van der Waals surface area (Å²) in [6.45, 7) is 0. The highest BCUT2D eigenvalue weighted by Gasteiger charge is 2.16. The quantitative estimate of drug-likeness (QED) is 0.278. The molecule has 0 amide bonds. The Morgan fingerprint density at radius 2 is 1.16 bits per heavy atom. The van der Waals surface area contributed by atoms with E-state index in [4.69, 9.17) is 4.98 Å². The highest BCUT2D eigenvalue weighted by atomic mass is 15.0. The molecule has 0 saturated carbocycles. The largest absolute Gasteiger partial charge is 0.308 e. The van der Waals surface area contributed by atoms with Crippen LogP contribution in [0.5, 0.6) is 0 Å². The van der Waals surface area contributed by atoms with Gasteiger partial charge in [-0.25, -0.2) is 4.98 Å². The van der Waals surface area contributed by atoms with Gasteiger partial charge in [-0.15, -0.1) is 0 Å². The predicted molar refractivity (Wildman–Crippen MR) is 131 cm³/mol. The lowest BCUT2D eigenvalue weighted by Gasteiger charge is -2.00. The van der Waals surface area contributed by atoms with Gasteiger partial charge in [-0.1, -0.05) is 48.5 Å². The molecule has 0 N–H and O–H groups in total. The van der Waals surface area contributed by atoms with Crippen molar-refractivity contribution in [1.82, 2.24) is 18.8 Å². The minimum atomic E-state index is 1.02. The van der Waals surface area contributed by atoms with Gasteiger partial charge in [0.05, 0.1) is 44.8 Å². The Morgan fingerprint density at radius 1 is 0.500 bits per heavy atom. The van der Waals surface area contributed by atoms with Crippen LogP contribution in [-0.2, 0) is 0 Å². The zero-order valence-electron chi connectivity index (χ0n) is 17.0. The summed E-state index contributed by atoms with van der Waals surface area (Å²) in [7, 11) is 0. The number of fused-ring (bicyclic) bond motifs is 13. The van der Waals surface area contributed by atoms with Gasteiger partial charge in [-0.05, 0) is 41.8 Å². The number of pyridine rings is 2. The summed E-state index contributed by atoms with van der Waals surface area (Å²) in [4.78, 5) is 9.89. The van der Waals surface area contributed by atoms with E-state index in [0.29, 0.717) is 0 Å². The first kappa shape index (κ1) is 16.3. The van der Waals surface area contributed by atoms with Crippen LogP contribution in [0, 0.1) is 0 Å². The number of aromatic nitrogens is 4. The second-order valence-corrected chi connectivity index (χ2v) is 8.41. The maximum Gasteiger partial charge on any atom is 0.0972 e. The van der Waals surface area contributed by atoms with E-state index in [1.165, 1.54) is 10.9 Å². The lowest BCUT2D eigenvalue weighted by atomic mass is 10.2. The summed E-state index contributed by atoms with van der Waals surface area (Å²) < 4.78 is 4.63. The van der Waals surface area contributed by atoms with Crippen molar-refractivity contribution in [1.29, 1.82) is 0 Å². The number of nitrogens with zero attached hydrogens (tertiary/aromatic N) is 4. The zero-order chi connectivity index (χ0) is 20.8. The summed E-state index contributed by atoms with van der Waals surface area (Å²) in [5.41, 5.74) is 8.75. The Morgan fingerprint density at radius 3 is 1.91 bits per heavy atom. The highest BCUT2D eigenvalue weighted by molar-refractivity contribution is 6.15. The summed E-state index contributed by atoms with van der Waals surface area (Å²) in [5.74, 6) is 0. The van der Waals surface area contributed by atoms with E-state index in [9.17, 15) is 0 Å². The van der Waals surface area contributed by atoms with E-state index in [1.807, 2.05) is 12.4 Å². The van der Waals surface area contributed by atoms with Gasteiger partial charge in [0.15, 0.2) is 0 Å². The Bertz CT molecular complexity index is 1900. The first-order valence-electron chi connectivity index (χ1n) is 10.8. The van der Waals surface area contributed by atoms with Crippen molar-refractivity contribution in [3.05, 3.63) is 97.3 Å². The van der Waals surface area contributed by atoms with Crippen molar-refractivity contribution in [2.24, 2.45) is 0 Å². The SMILES string of the molecule is c1ccc2c(c1)c1nc3c4ccccc4n4c5cncc(c5)c5cccc(c5)n2c1cc34. The van der Waals surface area contributed by atoms with Crippen LogP contribution in [0.15, 0.2) is 97.3 Å². The fourth-order valence-electron chi connectivity index (χ4n) is 5.32. The number of rotatable bonds is 0. The molecular weight excluding hydrogens is 392 g/mol. The van der Waals surface area contributed by atoms with Crippen LogP contribution in [0.25, 0.3) is 65.7 Å². The summed E-state index contributed by atoms with van der Waals surface area (Å²) >= 11 is 0. The van der Waals surface area contributed by atoms with Crippen LogP contribution in [-0.4, -0.2) is 18.8 Å². The summed E-state index contributed by atoms with van der Waals surface area (Å²) in [6.07, 6.45) is 3.89. The molecule has 0 spiro atoms. The van der Waals surface area contributed by atoms with Crippen LogP contribution in [0.4, 0.5) is 0 Å². The smallest absolute Gasteiger partial charge is 0.0972 e. The molecule has 5 heterocycles. The van der Waals surface area contributed by atoms with Crippen LogP contribution < -0.4 is 0 Å². The molecule has 0 atom stereocenters. The molecule has 0 radical (unpaired) electrons.